The van der Waals surface area contributed by atoms with Crippen molar-refractivity contribution in [2.75, 3.05) is 19.6 Å². The number of hydrogen-bond acceptors (Lipinski definition) is 3. The SMILES string of the molecule is O=C1N(CC(F)(F)F)CCN1NS(=O)(=O)c1cccc(Cl)c1Cl. The molecule has 1 N–H and O–H groups in total. The number of carbonyl (C=O) groups excluding carboxylic acids is 1. The molecule has 1 heterocycles. The fraction of sp³-hybridized carbons (Fsp3) is 0.364. The molecule has 0 radical (unpaired) electrons. The molecule has 0 aromatic heterocycles. The van der Waals surface area contributed by atoms with Crippen LogP contribution in [-0.4, -0.2) is 50.2 Å². The number of rotatable bonds is 4. The lowest BCUT2D eigenvalue weighted by molar-refractivity contribution is -0.138. The van der Waals surface area contributed by atoms with E-state index in [1.807, 2.05) is 4.83 Å². The zero-order valence-corrected chi connectivity index (χ0v) is 13.6. The van der Waals surface area contributed by atoms with E-state index in [0.717, 1.165) is 6.07 Å². The first-order valence-corrected chi connectivity index (χ1v) is 8.35. The molecule has 6 nitrogen and oxygen atoms in total. The summed E-state index contributed by atoms with van der Waals surface area (Å²) in [6.07, 6.45) is -4.57. The summed E-state index contributed by atoms with van der Waals surface area (Å²) < 4.78 is 61.4. The van der Waals surface area contributed by atoms with Gasteiger partial charge in [0.2, 0.25) is 0 Å². The van der Waals surface area contributed by atoms with Crippen molar-refractivity contribution < 1.29 is 26.4 Å². The lowest BCUT2D eigenvalue weighted by Crippen LogP contribution is -2.46. The number of amides is 2. The quantitative estimate of drug-likeness (QED) is 0.856. The molecule has 0 aliphatic carbocycles. The second-order valence-corrected chi connectivity index (χ2v) is 7.03. The van der Waals surface area contributed by atoms with E-state index in [1.165, 1.54) is 12.1 Å². The van der Waals surface area contributed by atoms with Crippen LogP contribution in [-0.2, 0) is 10.0 Å². The number of hydrogen-bond donors (Lipinski definition) is 1. The van der Waals surface area contributed by atoms with Crippen LogP contribution in [0.5, 0.6) is 0 Å². The molecule has 1 aliphatic rings. The molecule has 128 valence electrons. The van der Waals surface area contributed by atoms with E-state index >= 15 is 0 Å². The molecule has 1 aromatic carbocycles. The average Bonchev–Trinajstić information content (AvgIpc) is 2.72. The van der Waals surface area contributed by atoms with Gasteiger partial charge < -0.3 is 4.90 Å². The molecule has 2 amide bonds. The van der Waals surface area contributed by atoms with Crippen molar-refractivity contribution in [1.82, 2.24) is 14.7 Å². The Kier molecular flexibility index (Phi) is 5.00. The van der Waals surface area contributed by atoms with E-state index in [9.17, 15) is 26.4 Å². The van der Waals surface area contributed by atoms with Crippen LogP contribution in [0.1, 0.15) is 0 Å². The Morgan fingerprint density at radius 2 is 1.87 bits per heavy atom. The highest BCUT2D eigenvalue weighted by atomic mass is 35.5. The number of nitrogens with one attached hydrogen (secondary N) is 1. The molecular weight excluding hydrogens is 382 g/mol. The number of carbonyl (C=O) groups is 1. The van der Waals surface area contributed by atoms with Crippen LogP contribution in [0, 0.1) is 0 Å². The van der Waals surface area contributed by atoms with Crippen molar-refractivity contribution in [3.05, 3.63) is 28.2 Å². The minimum Gasteiger partial charge on any atom is -0.313 e. The number of nitrogens with zero attached hydrogens (tertiary/aromatic N) is 2. The Morgan fingerprint density at radius 3 is 2.48 bits per heavy atom. The predicted molar refractivity (Wildman–Crippen MR) is 76.5 cm³/mol. The van der Waals surface area contributed by atoms with E-state index in [0.29, 0.717) is 9.91 Å². The van der Waals surface area contributed by atoms with Crippen molar-refractivity contribution in [3.8, 4) is 0 Å². The van der Waals surface area contributed by atoms with Gasteiger partial charge in [-0.05, 0) is 12.1 Å². The summed E-state index contributed by atoms with van der Waals surface area (Å²) in [4.78, 5) is 13.8. The lowest BCUT2D eigenvalue weighted by atomic mass is 10.4. The Morgan fingerprint density at radius 1 is 1.22 bits per heavy atom. The summed E-state index contributed by atoms with van der Waals surface area (Å²) in [7, 11) is -4.27. The molecule has 23 heavy (non-hydrogen) atoms. The Bertz CT molecular complexity index is 727. The molecule has 12 heteroatoms. The smallest absolute Gasteiger partial charge is 0.313 e. The summed E-state index contributed by atoms with van der Waals surface area (Å²) >= 11 is 11.5. The molecule has 0 bridgehead atoms. The predicted octanol–water partition coefficient (Wildman–Crippen LogP) is 2.49. The van der Waals surface area contributed by atoms with E-state index in [2.05, 4.69) is 0 Å². The van der Waals surface area contributed by atoms with Gasteiger partial charge in [-0.2, -0.15) is 13.2 Å². The van der Waals surface area contributed by atoms with E-state index in [1.54, 1.807) is 0 Å². The number of hydrazine groups is 1. The first kappa shape index (κ1) is 18.1. The Balaban J connectivity index is 2.16. The average molecular weight is 392 g/mol. The molecule has 0 unspecified atom stereocenters. The maximum absolute atomic E-state index is 12.3. The van der Waals surface area contributed by atoms with E-state index in [-0.39, 0.29) is 28.0 Å². The third-order valence-electron chi connectivity index (χ3n) is 2.90. The molecule has 1 fully saturated rings. The molecule has 0 atom stereocenters. The maximum atomic E-state index is 12.3. The van der Waals surface area contributed by atoms with Crippen LogP contribution in [0.4, 0.5) is 18.0 Å². The van der Waals surface area contributed by atoms with Gasteiger partial charge in [0.15, 0.2) is 0 Å². The van der Waals surface area contributed by atoms with Crippen LogP contribution < -0.4 is 4.83 Å². The van der Waals surface area contributed by atoms with Gasteiger partial charge in [0.05, 0.1) is 16.6 Å². The van der Waals surface area contributed by atoms with Crippen LogP contribution >= 0.6 is 23.2 Å². The van der Waals surface area contributed by atoms with Crippen LogP contribution in [0.3, 0.4) is 0 Å². The summed E-state index contributed by atoms with van der Waals surface area (Å²) in [5, 5.41) is 0.319. The van der Waals surface area contributed by atoms with Gasteiger partial charge in [0.1, 0.15) is 11.4 Å². The summed E-state index contributed by atoms with van der Waals surface area (Å²) in [5.41, 5.74) is 0. The van der Waals surface area contributed by atoms with Crippen molar-refractivity contribution in [3.63, 3.8) is 0 Å². The molecule has 1 aliphatic heterocycles. The zero-order valence-electron chi connectivity index (χ0n) is 11.3. The lowest BCUT2D eigenvalue weighted by Gasteiger charge is -2.20. The number of sulfonamides is 1. The third-order valence-corrected chi connectivity index (χ3v) is 5.21. The maximum Gasteiger partial charge on any atom is 0.406 e. The van der Waals surface area contributed by atoms with Gasteiger partial charge in [0.25, 0.3) is 10.0 Å². The number of urea groups is 1. The second kappa shape index (κ2) is 6.34. The largest absolute Gasteiger partial charge is 0.406 e. The minimum atomic E-state index is -4.57. The monoisotopic (exact) mass is 391 g/mol. The highest BCUT2D eigenvalue weighted by Crippen LogP contribution is 2.29. The zero-order chi connectivity index (χ0) is 17.4. The third kappa shape index (κ3) is 4.19. The minimum absolute atomic E-state index is 0.0130. The van der Waals surface area contributed by atoms with Crippen LogP contribution in [0.2, 0.25) is 10.0 Å². The van der Waals surface area contributed by atoms with Gasteiger partial charge in [0, 0.05) is 6.54 Å². The standard InChI is InChI=1S/C11H10Cl2F3N3O3S/c12-7-2-1-3-8(9(7)13)23(21,22)17-19-5-4-18(10(19)20)6-11(14,15)16/h1-3,17H,4-6H2. The normalized spacial score (nSPS) is 16.3. The van der Waals surface area contributed by atoms with E-state index < -0.39 is 28.8 Å². The van der Waals surface area contributed by atoms with E-state index in [4.69, 9.17) is 23.2 Å². The summed E-state index contributed by atoms with van der Waals surface area (Å²) in [6, 6.07) is 2.77. The molecular formula is C11H10Cl2F3N3O3S. The van der Waals surface area contributed by atoms with Crippen molar-refractivity contribution in [2.24, 2.45) is 0 Å². The van der Waals surface area contributed by atoms with Crippen molar-refractivity contribution in [2.45, 2.75) is 11.1 Å². The highest BCUT2D eigenvalue weighted by molar-refractivity contribution is 7.89. The summed E-state index contributed by atoms with van der Waals surface area (Å²) in [6.45, 7) is -1.95. The van der Waals surface area contributed by atoms with Crippen molar-refractivity contribution >= 4 is 39.3 Å². The van der Waals surface area contributed by atoms with Gasteiger partial charge in [-0.3, -0.25) is 0 Å². The molecule has 0 saturated carbocycles. The summed E-state index contributed by atoms with van der Waals surface area (Å²) in [5.74, 6) is 0. The van der Waals surface area contributed by atoms with Gasteiger partial charge >= 0.3 is 12.2 Å². The number of halogens is 5. The first-order chi connectivity index (χ1) is 10.5. The van der Waals surface area contributed by atoms with Crippen LogP contribution in [0.15, 0.2) is 23.1 Å². The van der Waals surface area contributed by atoms with Gasteiger partial charge in [-0.1, -0.05) is 29.3 Å². The topological polar surface area (TPSA) is 69.7 Å². The van der Waals surface area contributed by atoms with Gasteiger partial charge in [-0.15, -0.1) is 4.83 Å². The molecule has 1 aromatic rings. The van der Waals surface area contributed by atoms with Gasteiger partial charge in [-0.25, -0.2) is 18.2 Å². The fourth-order valence-corrected chi connectivity index (χ4v) is 3.74. The fourth-order valence-electron chi connectivity index (χ4n) is 1.92. The second-order valence-electron chi connectivity index (χ2n) is 4.62. The number of benzene rings is 1. The highest BCUT2D eigenvalue weighted by Gasteiger charge is 2.39. The molecule has 2 rings (SSSR count). The first-order valence-electron chi connectivity index (χ1n) is 6.11. The van der Waals surface area contributed by atoms with Crippen LogP contribution in [0.25, 0.3) is 0 Å². The molecule has 0 spiro atoms. The Labute approximate surface area is 139 Å². The van der Waals surface area contributed by atoms with Crippen molar-refractivity contribution in [1.29, 1.82) is 0 Å². The Hall–Kier alpha value is -1.23. The molecule has 1 saturated heterocycles. The number of alkyl halides is 3.